The van der Waals surface area contributed by atoms with E-state index in [-0.39, 0.29) is 24.7 Å². The van der Waals surface area contributed by atoms with Gasteiger partial charge in [0.2, 0.25) is 5.91 Å². The Kier molecular flexibility index (Phi) is 4.69. The van der Waals surface area contributed by atoms with E-state index in [1.165, 1.54) is 6.92 Å². The molecule has 0 spiro atoms. The maximum atomic E-state index is 11.9. The van der Waals surface area contributed by atoms with Gasteiger partial charge in [-0.2, -0.15) is 5.10 Å². The second-order valence-corrected chi connectivity index (χ2v) is 5.15. The third-order valence-electron chi connectivity index (χ3n) is 3.48. The number of amides is 1. The van der Waals surface area contributed by atoms with Crippen LogP contribution >= 0.6 is 0 Å². The monoisotopic (exact) mass is 305 g/mol. The molecule has 2 rings (SSSR count). The van der Waals surface area contributed by atoms with Crippen LogP contribution in [0.5, 0.6) is 0 Å². The number of aromatic nitrogens is 4. The molecule has 0 saturated heterocycles. The highest BCUT2D eigenvalue weighted by atomic mass is 16.6. The van der Waals surface area contributed by atoms with E-state index in [1.807, 2.05) is 6.92 Å². The van der Waals surface area contributed by atoms with Crippen LogP contribution in [-0.2, 0) is 17.9 Å². The summed E-state index contributed by atoms with van der Waals surface area (Å²) >= 11 is 0. The van der Waals surface area contributed by atoms with Crippen molar-refractivity contribution < 1.29 is 14.2 Å². The second-order valence-electron chi connectivity index (χ2n) is 5.15. The van der Waals surface area contributed by atoms with Crippen molar-refractivity contribution in [2.24, 2.45) is 0 Å². The lowest BCUT2D eigenvalue weighted by Gasteiger charge is -2.06. The molecule has 0 atom stereocenters. The van der Waals surface area contributed by atoms with Crippen LogP contribution in [0.25, 0.3) is 0 Å². The molecule has 0 fully saturated rings. The van der Waals surface area contributed by atoms with Gasteiger partial charge in [0.1, 0.15) is 11.4 Å². The van der Waals surface area contributed by atoms with Crippen molar-refractivity contribution >= 4 is 11.7 Å². The van der Waals surface area contributed by atoms with E-state index in [0.29, 0.717) is 29.2 Å². The molecule has 0 bridgehead atoms. The third kappa shape index (κ3) is 3.38. The molecule has 0 aromatic carbocycles. The van der Waals surface area contributed by atoms with E-state index < -0.39 is 0 Å². The van der Waals surface area contributed by atoms with Crippen LogP contribution in [0.1, 0.15) is 46.5 Å². The van der Waals surface area contributed by atoms with Gasteiger partial charge in [0.05, 0.1) is 17.8 Å². The highest BCUT2D eigenvalue weighted by molar-refractivity contribution is 5.96. The molecule has 118 valence electrons. The molecule has 0 aliphatic rings. The number of hydrogen-bond donors (Lipinski definition) is 1. The topological polar surface area (TPSA) is 103 Å². The van der Waals surface area contributed by atoms with Gasteiger partial charge in [-0.15, -0.1) is 0 Å². The van der Waals surface area contributed by atoms with Crippen LogP contribution in [0.15, 0.2) is 4.63 Å². The summed E-state index contributed by atoms with van der Waals surface area (Å²) in [4.78, 5) is 23.4. The molecular weight excluding hydrogens is 286 g/mol. The maximum absolute atomic E-state index is 11.9. The fourth-order valence-electron chi connectivity index (χ4n) is 2.31. The Labute approximate surface area is 127 Å². The highest BCUT2D eigenvalue weighted by Crippen LogP contribution is 2.13. The predicted molar refractivity (Wildman–Crippen MR) is 77.2 cm³/mol. The Balaban J connectivity index is 1.90. The molecule has 8 nitrogen and oxygen atoms in total. The van der Waals surface area contributed by atoms with Crippen LogP contribution in [0, 0.1) is 20.8 Å². The molecule has 2 aromatic rings. The van der Waals surface area contributed by atoms with Gasteiger partial charge in [0.15, 0.2) is 5.78 Å². The number of ketones is 1. The van der Waals surface area contributed by atoms with E-state index in [1.54, 1.807) is 18.5 Å². The second kappa shape index (κ2) is 6.50. The van der Waals surface area contributed by atoms with E-state index in [4.69, 9.17) is 0 Å². The normalized spacial score (nSPS) is 10.7. The molecule has 0 radical (unpaired) electrons. The molecular formula is C14H19N5O3. The fraction of sp³-hybridized carbons (Fsp3) is 0.500. The Morgan fingerprint density at radius 1 is 1.18 bits per heavy atom. The summed E-state index contributed by atoms with van der Waals surface area (Å²) in [7, 11) is 0. The number of aryl methyl sites for hydroxylation is 3. The quantitative estimate of drug-likeness (QED) is 0.802. The van der Waals surface area contributed by atoms with Crippen molar-refractivity contribution in [2.75, 3.05) is 0 Å². The number of nitrogens with one attached hydrogen (secondary N) is 1. The van der Waals surface area contributed by atoms with Gasteiger partial charge in [0.25, 0.3) is 0 Å². The molecule has 1 amide bonds. The lowest BCUT2D eigenvalue weighted by Crippen LogP contribution is -2.24. The molecule has 8 heteroatoms. The summed E-state index contributed by atoms with van der Waals surface area (Å²) in [5.74, 6) is -0.140. The van der Waals surface area contributed by atoms with Crippen LogP contribution in [0.2, 0.25) is 0 Å². The zero-order chi connectivity index (χ0) is 16.3. The molecule has 2 aromatic heterocycles. The number of nitrogens with zero attached hydrogens (tertiary/aromatic N) is 4. The summed E-state index contributed by atoms with van der Waals surface area (Å²) < 4.78 is 6.25. The number of hydrogen-bond acceptors (Lipinski definition) is 6. The standard InChI is InChI=1S/C14H19N5O3/c1-8-12(18-22-17-8)7-15-13(21)5-6-19-10(3)14(11(4)20)9(2)16-19/h5-7H2,1-4H3,(H,15,21). The van der Waals surface area contributed by atoms with Crippen LogP contribution in [0.3, 0.4) is 0 Å². The Morgan fingerprint density at radius 3 is 2.45 bits per heavy atom. The highest BCUT2D eigenvalue weighted by Gasteiger charge is 2.15. The number of Topliss-reactive ketones (excluding diaryl/α,β-unsaturated/α-hetero) is 1. The SMILES string of the molecule is CC(=O)c1c(C)nn(CCC(=O)NCc2nonc2C)c1C. The summed E-state index contributed by atoms with van der Waals surface area (Å²) in [6, 6.07) is 0. The first-order valence-electron chi connectivity index (χ1n) is 6.99. The van der Waals surface area contributed by atoms with E-state index in [0.717, 1.165) is 5.69 Å². The van der Waals surface area contributed by atoms with E-state index in [2.05, 4.69) is 25.4 Å². The number of carbonyl (C=O) groups is 2. The number of rotatable bonds is 6. The van der Waals surface area contributed by atoms with Crippen LogP contribution in [0.4, 0.5) is 0 Å². The summed E-state index contributed by atoms with van der Waals surface area (Å²) in [6.07, 6.45) is 0.267. The smallest absolute Gasteiger partial charge is 0.222 e. The Hall–Kier alpha value is -2.51. The minimum atomic E-state index is -0.126. The fourth-order valence-corrected chi connectivity index (χ4v) is 2.31. The molecule has 1 N–H and O–H groups in total. The van der Waals surface area contributed by atoms with Crippen molar-refractivity contribution in [3.8, 4) is 0 Å². The third-order valence-corrected chi connectivity index (χ3v) is 3.48. The Bertz CT molecular complexity index is 701. The van der Waals surface area contributed by atoms with Crippen LogP contribution < -0.4 is 5.32 Å². The molecule has 0 unspecified atom stereocenters. The van der Waals surface area contributed by atoms with Crippen molar-refractivity contribution in [2.45, 2.75) is 47.2 Å². The summed E-state index contributed by atoms with van der Waals surface area (Å²) in [5.41, 5.74) is 3.37. The average molecular weight is 305 g/mol. The minimum Gasteiger partial charge on any atom is -0.350 e. The zero-order valence-electron chi connectivity index (χ0n) is 13.1. The van der Waals surface area contributed by atoms with Gasteiger partial charge in [-0.25, -0.2) is 4.63 Å². The lowest BCUT2D eigenvalue weighted by atomic mass is 10.1. The van der Waals surface area contributed by atoms with Gasteiger partial charge < -0.3 is 5.32 Å². The van der Waals surface area contributed by atoms with Crippen molar-refractivity contribution in [1.82, 2.24) is 25.4 Å². The van der Waals surface area contributed by atoms with Crippen molar-refractivity contribution in [3.63, 3.8) is 0 Å². The van der Waals surface area contributed by atoms with E-state index in [9.17, 15) is 9.59 Å². The first kappa shape index (κ1) is 15.9. The maximum Gasteiger partial charge on any atom is 0.222 e. The van der Waals surface area contributed by atoms with E-state index >= 15 is 0 Å². The predicted octanol–water partition coefficient (Wildman–Crippen LogP) is 1.10. The first-order valence-corrected chi connectivity index (χ1v) is 6.99. The lowest BCUT2D eigenvalue weighted by molar-refractivity contribution is -0.121. The summed E-state index contributed by atoms with van der Waals surface area (Å²) in [5, 5.41) is 14.4. The van der Waals surface area contributed by atoms with Gasteiger partial charge in [-0.05, 0) is 27.7 Å². The first-order chi connectivity index (χ1) is 10.4. The molecule has 2 heterocycles. The molecule has 22 heavy (non-hydrogen) atoms. The zero-order valence-corrected chi connectivity index (χ0v) is 13.1. The van der Waals surface area contributed by atoms with Gasteiger partial charge in [0, 0.05) is 18.7 Å². The number of carbonyl (C=O) groups excluding carboxylic acids is 2. The van der Waals surface area contributed by atoms with Crippen molar-refractivity contribution in [1.29, 1.82) is 0 Å². The molecule has 0 aliphatic heterocycles. The molecule has 0 aliphatic carbocycles. The van der Waals surface area contributed by atoms with Gasteiger partial charge in [-0.3, -0.25) is 14.3 Å². The Morgan fingerprint density at radius 2 is 1.91 bits per heavy atom. The van der Waals surface area contributed by atoms with Gasteiger partial charge >= 0.3 is 0 Å². The molecule has 0 saturated carbocycles. The van der Waals surface area contributed by atoms with Gasteiger partial charge in [-0.1, -0.05) is 10.3 Å². The summed E-state index contributed by atoms with van der Waals surface area (Å²) in [6.45, 7) is 7.60. The average Bonchev–Trinajstić information content (AvgIpc) is 2.97. The van der Waals surface area contributed by atoms with Crippen LogP contribution in [-0.4, -0.2) is 31.8 Å². The van der Waals surface area contributed by atoms with Crippen molar-refractivity contribution in [3.05, 3.63) is 28.3 Å². The largest absolute Gasteiger partial charge is 0.350 e. The minimum absolute atomic E-state index is 0.0142.